The maximum absolute atomic E-state index is 11.8. The summed E-state index contributed by atoms with van der Waals surface area (Å²) in [4.78, 5) is 38.4. The van der Waals surface area contributed by atoms with Crippen molar-refractivity contribution in [1.29, 1.82) is 0 Å². The summed E-state index contributed by atoms with van der Waals surface area (Å²) < 4.78 is 1.55. The molecule has 9 nitrogen and oxygen atoms in total. The van der Waals surface area contributed by atoms with E-state index in [1.54, 1.807) is 29.1 Å². The minimum Gasteiger partial charge on any atom is -0.411 e. The highest BCUT2D eigenvalue weighted by molar-refractivity contribution is 5.89. The molecule has 0 aliphatic rings. The van der Waals surface area contributed by atoms with E-state index in [-0.39, 0.29) is 12.2 Å². The average molecular weight is 290 g/mol. The second-order valence-electron chi connectivity index (χ2n) is 4.09. The molecule has 2 aromatic heterocycles. The van der Waals surface area contributed by atoms with Gasteiger partial charge in [0, 0.05) is 12.3 Å². The Kier molecular flexibility index (Phi) is 4.24. The molecule has 21 heavy (non-hydrogen) atoms. The smallest absolute Gasteiger partial charge is 0.325 e. The highest BCUT2D eigenvalue weighted by Gasteiger charge is 2.12. The van der Waals surface area contributed by atoms with Gasteiger partial charge in [-0.1, -0.05) is 5.16 Å². The second-order valence-corrected chi connectivity index (χ2v) is 4.09. The molecule has 2 aromatic rings. The largest absolute Gasteiger partial charge is 0.411 e. The molecule has 2 heterocycles. The number of rotatable bonds is 4. The first-order valence-electron chi connectivity index (χ1n) is 5.87. The van der Waals surface area contributed by atoms with Gasteiger partial charge in [0.05, 0.1) is 11.8 Å². The first-order valence-corrected chi connectivity index (χ1v) is 5.87. The van der Waals surface area contributed by atoms with Gasteiger partial charge in [0.2, 0.25) is 6.54 Å². The number of hydrogen-bond acceptors (Lipinski definition) is 5. The van der Waals surface area contributed by atoms with Gasteiger partial charge in [0.25, 0.3) is 11.5 Å². The Morgan fingerprint density at radius 1 is 1.48 bits per heavy atom. The Morgan fingerprint density at radius 3 is 3.00 bits per heavy atom. The van der Waals surface area contributed by atoms with Crippen LogP contribution in [0.4, 0.5) is 5.69 Å². The van der Waals surface area contributed by atoms with Crippen LogP contribution in [0, 0.1) is 0 Å². The first kappa shape index (κ1) is 14.2. The molecule has 0 spiro atoms. The molecule has 4 N–H and O–H groups in total. The minimum absolute atomic E-state index is 0.0479. The predicted molar refractivity (Wildman–Crippen MR) is 72.3 cm³/mol. The van der Waals surface area contributed by atoms with Crippen LogP contribution in [0.5, 0.6) is 0 Å². The molecule has 0 saturated carbocycles. The summed E-state index contributed by atoms with van der Waals surface area (Å²) in [5.74, 6) is -0.448. The second kappa shape index (κ2) is 6.28. The van der Waals surface area contributed by atoms with E-state index >= 15 is 0 Å². The lowest BCUT2D eigenvalue weighted by atomic mass is 10.3. The number of H-pyrrole nitrogens is 2. The van der Waals surface area contributed by atoms with Gasteiger partial charge < -0.3 is 15.5 Å². The van der Waals surface area contributed by atoms with Crippen molar-refractivity contribution in [2.75, 3.05) is 5.32 Å². The molecule has 0 aromatic carbocycles. The van der Waals surface area contributed by atoms with Gasteiger partial charge in [0.1, 0.15) is 5.69 Å². The number of pyridine rings is 1. The molecule has 9 heteroatoms. The van der Waals surface area contributed by atoms with E-state index < -0.39 is 17.2 Å². The molecule has 0 bridgehead atoms. The molecule has 0 atom stereocenters. The topological polar surface area (TPSA) is 131 Å². The zero-order valence-electron chi connectivity index (χ0n) is 10.7. The third-order valence-corrected chi connectivity index (χ3v) is 2.51. The fourth-order valence-electron chi connectivity index (χ4n) is 1.64. The zero-order chi connectivity index (χ0) is 15.2. The molecular formula is C12H12N5O4+. The fourth-order valence-corrected chi connectivity index (χ4v) is 1.64. The summed E-state index contributed by atoms with van der Waals surface area (Å²) in [5.41, 5.74) is -0.774. The van der Waals surface area contributed by atoms with Gasteiger partial charge >= 0.3 is 5.69 Å². The van der Waals surface area contributed by atoms with E-state index in [9.17, 15) is 14.4 Å². The van der Waals surface area contributed by atoms with Crippen LogP contribution in [-0.4, -0.2) is 27.3 Å². The highest BCUT2D eigenvalue weighted by atomic mass is 16.4. The van der Waals surface area contributed by atoms with E-state index in [0.717, 1.165) is 6.20 Å². The van der Waals surface area contributed by atoms with Crippen LogP contribution in [0.2, 0.25) is 0 Å². The molecule has 0 aliphatic heterocycles. The number of carbonyl (C=O) groups excluding carboxylic acids is 1. The first-order chi connectivity index (χ1) is 10.1. The zero-order valence-corrected chi connectivity index (χ0v) is 10.7. The third-order valence-electron chi connectivity index (χ3n) is 2.51. The maximum Gasteiger partial charge on any atom is 0.325 e. The molecule has 0 radical (unpaired) electrons. The van der Waals surface area contributed by atoms with Crippen molar-refractivity contribution in [2.45, 2.75) is 6.54 Å². The van der Waals surface area contributed by atoms with Gasteiger partial charge in [-0.2, -0.15) is 4.57 Å². The van der Waals surface area contributed by atoms with Gasteiger partial charge in [-0.25, -0.2) is 4.79 Å². The van der Waals surface area contributed by atoms with Gasteiger partial charge in [0.15, 0.2) is 12.4 Å². The van der Waals surface area contributed by atoms with Gasteiger partial charge in [-0.3, -0.25) is 14.6 Å². The number of nitrogens with one attached hydrogen (secondary N) is 3. The van der Waals surface area contributed by atoms with Crippen LogP contribution in [0.25, 0.3) is 0 Å². The Morgan fingerprint density at radius 2 is 2.29 bits per heavy atom. The molecule has 2 rings (SSSR count). The summed E-state index contributed by atoms with van der Waals surface area (Å²) in [5, 5.41) is 13.7. The van der Waals surface area contributed by atoms with Crippen molar-refractivity contribution in [3.8, 4) is 0 Å². The molecule has 1 amide bonds. The number of aromatic amines is 2. The summed E-state index contributed by atoms with van der Waals surface area (Å²) in [6.07, 6.45) is 5.58. The number of amides is 1. The Balaban J connectivity index is 2.09. The van der Waals surface area contributed by atoms with Crippen LogP contribution in [0.15, 0.2) is 45.5 Å². The van der Waals surface area contributed by atoms with E-state index in [2.05, 4.69) is 15.5 Å². The lowest BCUT2D eigenvalue weighted by molar-refractivity contribution is -0.684. The highest BCUT2D eigenvalue weighted by Crippen LogP contribution is 1.93. The van der Waals surface area contributed by atoms with E-state index in [1.165, 1.54) is 6.21 Å². The quantitative estimate of drug-likeness (QED) is 0.244. The van der Waals surface area contributed by atoms with E-state index in [1.807, 2.05) is 4.98 Å². The van der Waals surface area contributed by atoms with Crippen molar-refractivity contribution in [3.63, 3.8) is 0 Å². The van der Waals surface area contributed by atoms with Crippen LogP contribution in [-0.2, 0) is 11.3 Å². The van der Waals surface area contributed by atoms with Crippen molar-refractivity contribution < 1.29 is 14.6 Å². The Hall–Kier alpha value is -3.23. The summed E-state index contributed by atoms with van der Waals surface area (Å²) >= 11 is 0. The predicted octanol–water partition coefficient (Wildman–Crippen LogP) is -1.20. The van der Waals surface area contributed by atoms with Crippen LogP contribution < -0.4 is 21.1 Å². The third kappa shape index (κ3) is 3.86. The van der Waals surface area contributed by atoms with Crippen molar-refractivity contribution in [2.24, 2.45) is 5.16 Å². The minimum atomic E-state index is -0.682. The molecule has 0 unspecified atom stereocenters. The number of anilines is 1. The van der Waals surface area contributed by atoms with Crippen LogP contribution in [0.3, 0.4) is 0 Å². The van der Waals surface area contributed by atoms with E-state index in [4.69, 9.17) is 5.21 Å². The molecule has 108 valence electrons. The summed E-state index contributed by atoms with van der Waals surface area (Å²) in [6, 6.07) is 3.37. The lowest BCUT2D eigenvalue weighted by Gasteiger charge is -2.01. The summed E-state index contributed by atoms with van der Waals surface area (Å²) in [6.45, 7) is -0.0499. The van der Waals surface area contributed by atoms with E-state index in [0.29, 0.717) is 5.56 Å². The summed E-state index contributed by atoms with van der Waals surface area (Å²) in [7, 11) is 0. The Labute approximate surface area is 117 Å². The fraction of sp³-hybridized carbons (Fsp3) is 0.0833. The van der Waals surface area contributed by atoms with Gasteiger partial charge in [-0.15, -0.1) is 0 Å². The number of oxime groups is 1. The van der Waals surface area contributed by atoms with Crippen molar-refractivity contribution in [3.05, 3.63) is 57.1 Å². The monoisotopic (exact) mass is 290 g/mol. The van der Waals surface area contributed by atoms with Crippen molar-refractivity contribution >= 4 is 17.8 Å². The number of nitrogens with zero attached hydrogens (tertiary/aromatic N) is 2. The normalized spacial score (nSPS) is 10.7. The lowest BCUT2D eigenvalue weighted by Crippen LogP contribution is -2.41. The molecule has 0 fully saturated rings. The number of carbonyl (C=O) groups is 1. The molecule has 0 aliphatic carbocycles. The van der Waals surface area contributed by atoms with Crippen LogP contribution in [0.1, 0.15) is 5.56 Å². The van der Waals surface area contributed by atoms with Crippen LogP contribution >= 0.6 is 0 Å². The molecular weight excluding hydrogens is 278 g/mol. The number of hydrogen-bond donors (Lipinski definition) is 4. The Bertz CT molecular complexity index is 792. The molecule has 0 saturated heterocycles. The number of aromatic nitrogens is 3. The maximum atomic E-state index is 11.8. The standard InChI is InChI=1S/C12H11N5O4/c18-10(15-9-5-13-12(20)16-11(9)19)7-17-3-1-2-8(6-17)4-14-21/h1-6H,7H2,(H3-,13,15,16,18,19,20,21)/p+1. The SMILES string of the molecule is O=C(C[n+]1cccc(C=NO)c1)Nc1c[nH]c(=O)[nH]c1=O. The average Bonchev–Trinajstić information content (AvgIpc) is 2.43. The van der Waals surface area contributed by atoms with Gasteiger partial charge in [-0.05, 0) is 6.07 Å². The van der Waals surface area contributed by atoms with Crippen molar-refractivity contribution in [1.82, 2.24) is 9.97 Å².